The Morgan fingerprint density at radius 2 is 1.20 bits per heavy atom. The van der Waals surface area contributed by atoms with E-state index in [-0.39, 0.29) is 12.8 Å². The largest absolute Gasteiger partial charge is 0.480 e. The number of hydrogen-bond acceptors (Lipinski definition) is 5. The zero-order chi connectivity index (χ0) is 30.6. The topological polar surface area (TPSA) is 134 Å². The van der Waals surface area contributed by atoms with Crippen LogP contribution in [0.3, 0.4) is 0 Å². The van der Waals surface area contributed by atoms with Gasteiger partial charge >= 0.3 is 18.2 Å². The Morgan fingerprint density at radius 3 is 1.61 bits per heavy atom. The minimum Gasteiger partial charge on any atom is -0.480 e. The smallest absolute Gasteiger partial charge is 0.408 e. The van der Waals surface area contributed by atoms with E-state index in [0.717, 1.165) is 0 Å². The van der Waals surface area contributed by atoms with Crippen molar-refractivity contribution in [3.05, 3.63) is 71.8 Å². The van der Waals surface area contributed by atoms with Crippen molar-refractivity contribution in [1.29, 1.82) is 0 Å². The first-order valence-electron chi connectivity index (χ1n) is 13.1. The normalized spacial score (nSPS) is 13.8. The fourth-order valence-corrected chi connectivity index (χ4v) is 3.88. The van der Waals surface area contributed by atoms with Gasteiger partial charge < -0.3 is 25.8 Å². The molecule has 224 valence electrons. The quantitative estimate of drug-likeness (QED) is 0.282. The molecule has 0 spiro atoms. The molecule has 0 saturated carbocycles. The van der Waals surface area contributed by atoms with Gasteiger partial charge in [0.05, 0.1) is 0 Å². The Bertz CT molecular complexity index is 1150. The van der Waals surface area contributed by atoms with E-state index in [4.69, 9.17) is 4.74 Å². The third kappa shape index (κ3) is 13.2. The number of halogens is 3. The Morgan fingerprint density at radius 1 is 0.756 bits per heavy atom. The van der Waals surface area contributed by atoms with E-state index in [1.54, 1.807) is 81.4 Å². The van der Waals surface area contributed by atoms with Crippen molar-refractivity contribution in [2.45, 2.75) is 82.8 Å². The van der Waals surface area contributed by atoms with E-state index in [1.807, 2.05) is 0 Å². The molecule has 0 aliphatic rings. The first kappa shape index (κ1) is 33.1. The average Bonchev–Trinajstić information content (AvgIpc) is 2.86. The molecule has 0 aliphatic carbocycles. The van der Waals surface area contributed by atoms with E-state index in [1.165, 1.54) is 0 Å². The van der Waals surface area contributed by atoms with E-state index >= 15 is 0 Å². The number of benzene rings is 2. The molecule has 0 bridgehead atoms. The number of alkyl carbamates (subject to hydrolysis) is 1. The summed E-state index contributed by atoms with van der Waals surface area (Å²) in [5.74, 6) is -3.13. The second-order valence-corrected chi connectivity index (χ2v) is 10.5. The number of carboxylic acids is 1. The summed E-state index contributed by atoms with van der Waals surface area (Å²) in [6, 6.07) is 13.3. The number of nitrogens with one attached hydrogen (secondary N) is 3. The van der Waals surface area contributed by atoms with Crippen LogP contribution in [0.2, 0.25) is 0 Å². The molecule has 1 unspecified atom stereocenters. The zero-order valence-electron chi connectivity index (χ0n) is 23.2. The number of rotatable bonds is 13. The van der Waals surface area contributed by atoms with E-state index in [0.29, 0.717) is 11.1 Å². The Kier molecular flexibility index (Phi) is 12.2. The molecule has 0 aromatic heterocycles. The second kappa shape index (κ2) is 15.1. The number of aliphatic carboxylic acids is 1. The molecule has 2 aromatic carbocycles. The molecule has 3 atom stereocenters. The van der Waals surface area contributed by atoms with Gasteiger partial charge in [-0.15, -0.1) is 0 Å². The van der Waals surface area contributed by atoms with E-state index in [9.17, 15) is 37.5 Å². The summed E-state index contributed by atoms with van der Waals surface area (Å²) in [6.45, 7) is 4.98. The zero-order valence-corrected chi connectivity index (χ0v) is 23.2. The van der Waals surface area contributed by atoms with Gasteiger partial charge in [0.2, 0.25) is 11.8 Å². The number of carbonyl (C=O) groups is 4. The summed E-state index contributed by atoms with van der Waals surface area (Å²) in [6.07, 6.45) is -7.47. The molecular weight excluding hydrogens is 543 g/mol. The Labute approximate surface area is 236 Å². The number of carboxylic acid groups (broad SMARTS) is 1. The number of carbonyl (C=O) groups excluding carboxylic acids is 3. The summed E-state index contributed by atoms with van der Waals surface area (Å²) in [5, 5.41) is 16.9. The fourth-order valence-electron chi connectivity index (χ4n) is 3.88. The van der Waals surface area contributed by atoms with Gasteiger partial charge in [0.1, 0.15) is 23.7 Å². The van der Waals surface area contributed by atoms with Crippen LogP contribution < -0.4 is 16.0 Å². The van der Waals surface area contributed by atoms with Gasteiger partial charge in [-0.3, -0.25) is 9.59 Å². The lowest BCUT2D eigenvalue weighted by Crippen LogP contribution is -2.57. The molecule has 0 aliphatic heterocycles. The van der Waals surface area contributed by atoms with Crippen LogP contribution in [0.5, 0.6) is 0 Å². The summed E-state index contributed by atoms with van der Waals surface area (Å²) >= 11 is 0. The number of amides is 3. The van der Waals surface area contributed by atoms with Crippen molar-refractivity contribution in [1.82, 2.24) is 16.0 Å². The molecule has 9 nitrogen and oxygen atoms in total. The van der Waals surface area contributed by atoms with Gasteiger partial charge in [0, 0.05) is 19.3 Å². The lowest BCUT2D eigenvalue weighted by Gasteiger charge is -2.26. The third-order valence-corrected chi connectivity index (χ3v) is 5.77. The lowest BCUT2D eigenvalue weighted by molar-refractivity contribution is -0.145. The molecule has 12 heteroatoms. The van der Waals surface area contributed by atoms with Crippen molar-refractivity contribution in [2.24, 2.45) is 0 Å². The molecule has 2 rings (SSSR count). The van der Waals surface area contributed by atoms with Gasteiger partial charge in [0.25, 0.3) is 0 Å². The molecule has 0 radical (unpaired) electrons. The van der Waals surface area contributed by atoms with Crippen LogP contribution in [0, 0.1) is 0 Å². The minimum absolute atomic E-state index is 0.0439. The predicted molar refractivity (Wildman–Crippen MR) is 145 cm³/mol. The maximum atomic E-state index is 13.5. The molecular formula is C29H36F3N3O6. The highest BCUT2D eigenvalue weighted by Crippen LogP contribution is 2.22. The summed E-state index contributed by atoms with van der Waals surface area (Å²) in [7, 11) is 0. The van der Waals surface area contributed by atoms with Gasteiger partial charge in [-0.2, -0.15) is 13.2 Å². The first-order chi connectivity index (χ1) is 19.1. The van der Waals surface area contributed by atoms with E-state index in [2.05, 4.69) is 16.0 Å². The molecule has 0 saturated heterocycles. The third-order valence-electron chi connectivity index (χ3n) is 5.77. The Hall–Kier alpha value is -4.09. The van der Waals surface area contributed by atoms with Crippen molar-refractivity contribution in [3.63, 3.8) is 0 Å². The van der Waals surface area contributed by atoms with Gasteiger partial charge in [-0.1, -0.05) is 60.7 Å². The van der Waals surface area contributed by atoms with Crippen LogP contribution in [-0.4, -0.2) is 58.9 Å². The maximum absolute atomic E-state index is 13.5. The lowest BCUT2D eigenvalue weighted by atomic mass is 10.0. The van der Waals surface area contributed by atoms with Gasteiger partial charge in [0.15, 0.2) is 0 Å². The molecule has 4 N–H and O–H groups in total. The summed E-state index contributed by atoms with van der Waals surface area (Å²) < 4.78 is 43.0. The predicted octanol–water partition coefficient (Wildman–Crippen LogP) is 4.15. The second-order valence-electron chi connectivity index (χ2n) is 10.5. The molecule has 3 amide bonds. The fraction of sp³-hybridized carbons (Fsp3) is 0.448. The Balaban J connectivity index is 2.26. The van der Waals surface area contributed by atoms with Gasteiger partial charge in [-0.25, -0.2) is 9.59 Å². The average molecular weight is 580 g/mol. The number of ether oxygens (including phenoxy) is 1. The van der Waals surface area contributed by atoms with Crippen LogP contribution in [0.1, 0.15) is 51.2 Å². The van der Waals surface area contributed by atoms with Crippen LogP contribution >= 0.6 is 0 Å². The molecule has 2 aromatic rings. The SMILES string of the molecule is CC(C)(C)OC(=O)N[C@H](Cc1ccccc1)C(=O)N[C@H](Cc1ccccc1)C(=O)NC(CCCC(F)(F)F)C(=O)O. The van der Waals surface area contributed by atoms with Gasteiger partial charge in [-0.05, 0) is 44.7 Å². The first-order valence-corrected chi connectivity index (χ1v) is 13.1. The number of hydrogen-bond donors (Lipinski definition) is 4. The van der Waals surface area contributed by atoms with Crippen LogP contribution in [-0.2, 0) is 32.0 Å². The van der Waals surface area contributed by atoms with Crippen molar-refractivity contribution >= 4 is 23.9 Å². The molecule has 0 heterocycles. The molecule has 0 fully saturated rings. The molecule has 41 heavy (non-hydrogen) atoms. The summed E-state index contributed by atoms with van der Waals surface area (Å²) in [5.41, 5.74) is 0.505. The monoisotopic (exact) mass is 579 g/mol. The summed E-state index contributed by atoms with van der Waals surface area (Å²) in [4.78, 5) is 50.9. The van der Waals surface area contributed by atoms with Crippen molar-refractivity contribution in [2.75, 3.05) is 0 Å². The van der Waals surface area contributed by atoms with E-state index < -0.39 is 73.0 Å². The van der Waals surface area contributed by atoms with Crippen LogP contribution in [0.4, 0.5) is 18.0 Å². The standard InChI is InChI=1S/C29H36F3N3O6/c1-28(2,3)41-27(40)35-23(18-20-13-8-5-9-14-20)25(37)34-22(17-19-11-6-4-7-12-19)24(36)33-21(26(38)39)15-10-16-29(30,31)32/h4-9,11-14,21-23H,10,15-18H2,1-3H3,(H,33,36)(H,34,37)(H,35,40)(H,38,39)/t21?,22-,23-/m1/s1. The van der Waals surface area contributed by atoms with Crippen molar-refractivity contribution < 1.29 is 42.2 Å². The maximum Gasteiger partial charge on any atom is 0.408 e. The van der Waals surface area contributed by atoms with Crippen LogP contribution in [0.25, 0.3) is 0 Å². The number of alkyl halides is 3. The van der Waals surface area contributed by atoms with Crippen molar-refractivity contribution in [3.8, 4) is 0 Å². The minimum atomic E-state index is -4.47. The highest BCUT2D eigenvalue weighted by Gasteiger charge is 2.32. The highest BCUT2D eigenvalue weighted by molar-refractivity contribution is 5.93. The highest BCUT2D eigenvalue weighted by atomic mass is 19.4. The van der Waals surface area contributed by atoms with Crippen LogP contribution in [0.15, 0.2) is 60.7 Å².